The summed E-state index contributed by atoms with van der Waals surface area (Å²) >= 11 is 5.74. The molecule has 0 aliphatic heterocycles. The quantitative estimate of drug-likeness (QED) is 0.752. The van der Waals surface area contributed by atoms with Crippen LogP contribution in [0.2, 0.25) is 5.02 Å². The lowest BCUT2D eigenvalue weighted by molar-refractivity contribution is 0.586. The van der Waals surface area contributed by atoms with Gasteiger partial charge in [0.1, 0.15) is 5.82 Å². The molecule has 0 unspecified atom stereocenters. The Kier molecular flexibility index (Phi) is 4.04. The Morgan fingerprint density at radius 3 is 2.33 bits per heavy atom. The molecule has 21 heavy (non-hydrogen) atoms. The standard InChI is InChI=1S/C12H10ClF2N3O2S/c13-10-1-6(14)2-11(15)12(10)18-8-3-7(16)4-9(5-8)21(17,19)20/h1-5,18H,16H2,(H2,17,19,20). The van der Waals surface area contributed by atoms with Crippen LogP contribution in [0.25, 0.3) is 0 Å². The molecule has 5 nitrogen and oxygen atoms in total. The molecule has 0 fully saturated rings. The average Bonchev–Trinajstić information content (AvgIpc) is 2.32. The average molecular weight is 334 g/mol. The third-order valence-electron chi connectivity index (χ3n) is 2.53. The topological polar surface area (TPSA) is 98.2 Å². The van der Waals surface area contributed by atoms with Crippen molar-refractivity contribution in [3.63, 3.8) is 0 Å². The maximum Gasteiger partial charge on any atom is 0.238 e. The van der Waals surface area contributed by atoms with Crippen LogP contribution in [0.3, 0.4) is 0 Å². The summed E-state index contributed by atoms with van der Waals surface area (Å²) in [5, 5.41) is 7.35. The zero-order valence-corrected chi connectivity index (χ0v) is 12.0. The van der Waals surface area contributed by atoms with E-state index in [2.05, 4.69) is 5.32 Å². The van der Waals surface area contributed by atoms with Crippen LogP contribution in [-0.2, 0) is 10.0 Å². The molecule has 5 N–H and O–H groups in total. The molecular weight excluding hydrogens is 324 g/mol. The second-order valence-corrected chi connectivity index (χ2v) is 6.17. The number of rotatable bonds is 3. The molecule has 0 aromatic heterocycles. The lowest BCUT2D eigenvalue weighted by Crippen LogP contribution is -2.13. The lowest BCUT2D eigenvalue weighted by Gasteiger charge is -2.11. The van der Waals surface area contributed by atoms with Crippen LogP contribution in [-0.4, -0.2) is 8.42 Å². The van der Waals surface area contributed by atoms with Crippen LogP contribution in [0.5, 0.6) is 0 Å². The number of nitrogens with two attached hydrogens (primary N) is 2. The van der Waals surface area contributed by atoms with E-state index < -0.39 is 21.7 Å². The first-order valence-electron chi connectivity index (χ1n) is 5.52. The van der Waals surface area contributed by atoms with E-state index >= 15 is 0 Å². The molecule has 0 spiro atoms. The highest BCUT2D eigenvalue weighted by Gasteiger charge is 2.13. The van der Waals surface area contributed by atoms with Gasteiger partial charge in [-0.15, -0.1) is 0 Å². The summed E-state index contributed by atoms with van der Waals surface area (Å²) in [6, 6.07) is 5.22. The summed E-state index contributed by atoms with van der Waals surface area (Å²) < 4.78 is 49.3. The van der Waals surface area contributed by atoms with Gasteiger partial charge in [0.15, 0.2) is 5.82 Å². The molecule has 2 aromatic rings. The first-order valence-corrected chi connectivity index (χ1v) is 7.44. The second-order valence-electron chi connectivity index (χ2n) is 4.21. The minimum absolute atomic E-state index is 0.0997. The Balaban J connectivity index is 2.48. The minimum atomic E-state index is -3.97. The van der Waals surface area contributed by atoms with Crippen LogP contribution < -0.4 is 16.2 Å². The highest BCUT2D eigenvalue weighted by Crippen LogP contribution is 2.31. The maximum absolute atomic E-state index is 13.7. The Bertz CT molecular complexity index is 789. The Morgan fingerprint density at radius 2 is 1.76 bits per heavy atom. The van der Waals surface area contributed by atoms with Gasteiger partial charge in [-0.25, -0.2) is 22.3 Å². The van der Waals surface area contributed by atoms with E-state index in [4.69, 9.17) is 22.5 Å². The van der Waals surface area contributed by atoms with Gasteiger partial charge in [-0.05, 0) is 24.3 Å². The van der Waals surface area contributed by atoms with Crippen molar-refractivity contribution < 1.29 is 17.2 Å². The lowest BCUT2D eigenvalue weighted by atomic mass is 10.2. The van der Waals surface area contributed by atoms with Gasteiger partial charge in [0.05, 0.1) is 15.6 Å². The molecule has 112 valence electrons. The molecule has 0 aliphatic rings. The van der Waals surface area contributed by atoms with Gasteiger partial charge in [-0.1, -0.05) is 11.6 Å². The van der Waals surface area contributed by atoms with E-state index in [1.165, 1.54) is 6.07 Å². The third-order valence-corrected chi connectivity index (χ3v) is 3.72. The molecule has 0 atom stereocenters. The second kappa shape index (κ2) is 5.47. The van der Waals surface area contributed by atoms with Crippen molar-refractivity contribution in [1.29, 1.82) is 0 Å². The van der Waals surface area contributed by atoms with E-state index in [-0.39, 0.29) is 27.0 Å². The van der Waals surface area contributed by atoms with Crippen molar-refractivity contribution in [2.45, 2.75) is 4.90 Å². The first-order chi connectivity index (χ1) is 9.66. The Morgan fingerprint density at radius 1 is 1.10 bits per heavy atom. The fraction of sp³-hybridized carbons (Fsp3) is 0. The zero-order chi connectivity index (χ0) is 15.8. The molecular formula is C12H10ClF2N3O2S. The molecule has 0 aliphatic carbocycles. The van der Waals surface area contributed by atoms with Crippen LogP contribution >= 0.6 is 11.6 Å². The molecule has 0 saturated heterocycles. The molecule has 0 heterocycles. The van der Waals surface area contributed by atoms with Gasteiger partial charge in [0.2, 0.25) is 10.0 Å². The predicted molar refractivity (Wildman–Crippen MR) is 76.9 cm³/mol. The van der Waals surface area contributed by atoms with E-state index in [1.54, 1.807) is 0 Å². The van der Waals surface area contributed by atoms with Gasteiger partial charge < -0.3 is 11.1 Å². The molecule has 0 radical (unpaired) electrons. The highest BCUT2D eigenvalue weighted by atomic mass is 35.5. The number of benzene rings is 2. The van der Waals surface area contributed by atoms with Gasteiger partial charge in [-0.3, -0.25) is 0 Å². The summed E-state index contributed by atoms with van der Waals surface area (Å²) in [6.07, 6.45) is 0. The minimum Gasteiger partial charge on any atom is -0.399 e. The Labute approximate surface area is 124 Å². The number of nitrogens with one attached hydrogen (secondary N) is 1. The molecule has 9 heteroatoms. The van der Waals surface area contributed by atoms with Crippen molar-refractivity contribution in [3.05, 3.63) is 47.0 Å². The number of nitrogen functional groups attached to an aromatic ring is 1. The number of halogens is 3. The molecule has 0 bridgehead atoms. The highest BCUT2D eigenvalue weighted by molar-refractivity contribution is 7.89. The van der Waals surface area contributed by atoms with Gasteiger partial charge in [-0.2, -0.15) is 0 Å². The predicted octanol–water partition coefficient (Wildman–Crippen LogP) is 2.59. The first kappa shape index (κ1) is 15.5. The third kappa shape index (κ3) is 3.60. The number of hydrogen-bond acceptors (Lipinski definition) is 4. The van der Waals surface area contributed by atoms with Crippen molar-refractivity contribution in [1.82, 2.24) is 0 Å². The summed E-state index contributed by atoms with van der Waals surface area (Å²) in [6.45, 7) is 0. The monoisotopic (exact) mass is 333 g/mol. The summed E-state index contributed by atoms with van der Waals surface area (Å²) in [5.74, 6) is -1.76. The van der Waals surface area contributed by atoms with E-state index in [9.17, 15) is 17.2 Å². The van der Waals surface area contributed by atoms with Gasteiger partial charge >= 0.3 is 0 Å². The van der Waals surface area contributed by atoms with Crippen molar-refractivity contribution >= 4 is 38.7 Å². The Hall–Kier alpha value is -1.90. The van der Waals surface area contributed by atoms with E-state index in [0.717, 1.165) is 18.2 Å². The summed E-state index contributed by atoms with van der Waals surface area (Å²) in [5.41, 5.74) is 5.60. The van der Waals surface area contributed by atoms with Crippen molar-refractivity contribution in [3.8, 4) is 0 Å². The van der Waals surface area contributed by atoms with Crippen LogP contribution in [0.1, 0.15) is 0 Å². The summed E-state index contributed by atoms with van der Waals surface area (Å²) in [7, 11) is -3.97. The summed E-state index contributed by atoms with van der Waals surface area (Å²) in [4.78, 5) is -0.247. The van der Waals surface area contributed by atoms with E-state index in [1.807, 2.05) is 0 Å². The maximum atomic E-state index is 13.7. The normalized spacial score (nSPS) is 11.4. The number of hydrogen-bond donors (Lipinski definition) is 3. The number of anilines is 3. The van der Waals surface area contributed by atoms with Crippen LogP contribution in [0.4, 0.5) is 25.8 Å². The fourth-order valence-electron chi connectivity index (χ4n) is 1.66. The van der Waals surface area contributed by atoms with Crippen LogP contribution in [0.15, 0.2) is 35.2 Å². The van der Waals surface area contributed by atoms with Crippen LogP contribution in [0, 0.1) is 11.6 Å². The van der Waals surface area contributed by atoms with Crippen molar-refractivity contribution in [2.24, 2.45) is 5.14 Å². The zero-order valence-electron chi connectivity index (χ0n) is 10.4. The molecule has 0 amide bonds. The molecule has 2 aromatic carbocycles. The molecule has 0 saturated carbocycles. The van der Waals surface area contributed by atoms with Crippen molar-refractivity contribution in [2.75, 3.05) is 11.1 Å². The SMILES string of the molecule is Nc1cc(Nc2c(F)cc(F)cc2Cl)cc(S(N)(=O)=O)c1. The number of primary sulfonamides is 1. The smallest absolute Gasteiger partial charge is 0.238 e. The molecule has 2 rings (SSSR count). The fourth-order valence-corrected chi connectivity index (χ4v) is 2.50. The van der Waals surface area contributed by atoms with Gasteiger partial charge in [0, 0.05) is 17.4 Å². The van der Waals surface area contributed by atoms with E-state index in [0.29, 0.717) is 6.07 Å². The largest absolute Gasteiger partial charge is 0.399 e. The number of sulfonamides is 1. The van der Waals surface area contributed by atoms with Gasteiger partial charge in [0.25, 0.3) is 0 Å².